The summed E-state index contributed by atoms with van der Waals surface area (Å²) in [5.41, 5.74) is 0. The Hall–Kier alpha value is -0.570. The van der Waals surface area contributed by atoms with E-state index >= 15 is 0 Å². The van der Waals surface area contributed by atoms with Gasteiger partial charge in [0.1, 0.15) is 0 Å². The van der Waals surface area contributed by atoms with Crippen LogP contribution in [0, 0.1) is 5.92 Å². The Labute approximate surface area is 106 Å². The van der Waals surface area contributed by atoms with Crippen molar-refractivity contribution in [1.29, 1.82) is 0 Å². The van der Waals surface area contributed by atoms with E-state index in [-0.39, 0.29) is 12.2 Å². The van der Waals surface area contributed by atoms with Crippen LogP contribution in [0.5, 0.6) is 0 Å². The molecule has 0 aromatic carbocycles. The van der Waals surface area contributed by atoms with Crippen molar-refractivity contribution in [3.05, 3.63) is 0 Å². The number of rotatable bonds is 6. The summed E-state index contributed by atoms with van der Waals surface area (Å²) in [4.78, 5) is 14.3. The minimum Gasteiger partial charge on any atom is -0.323 e. The van der Waals surface area contributed by atoms with Crippen LogP contribution < -0.4 is 5.32 Å². The van der Waals surface area contributed by atoms with Crippen molar-refractivity contribution < 1.29 is 4.79 Å². The van der Waals surface area contributed by atoms with Crippen LogP contribution in [0.2, 0.25) is 0 Å². The second kappa shape index (κ2) is 6.39. The van der Waals surface area contributed by atoms with Crippen molar-refractivity contribution in [1.82, 2.24) is 10.2 Å². The molecule has 0 bridgehead atoms. The van der Waals surface area contributed by atoms with Crippen molar-refractivity contribution in [2.45, 2.75) is 78.6 Å². The van der Waals surface area contributed by atoms with Crippen molar-refractivity contribution in [3.8, 4) is 0 Å². The van der Waals surface area contributed by atoms with Gasteiger partial charge in [-0.15, -0.1) is 0 Å². The van der Waals surface area contributed by atoms with Gasteiger partial charge < -0.3 is 4.90 Å². The summed E-state index contributed by atoms with van der Waals surface area (Å²) in [7, 11) is 0. The summed E-state index contributed by atoms with van der Waals surface area (Å²) < 4.78 is 0. The monoisotopic (exact) mass is 240 g/mol. The SMILES string of the molecule is CCCC1NC(C)N(C(C)CCC(C)C)C1=O. The van der Waals surface area contributed by atoms with E-state index in [9.17, 15) is 4.79 Å². The third-order valence-corrected chi connectivity index (χ3v) is 3.63. The Morgan fingerprint density at radius 1 is 1.29 bits per heavy atom. The van der Waals surface area contributed by atoms with Gasteiger partial charge in [0, 0.05) is 6.04 Å². The molecule has 0 aromatic heterocycles. The highest BCUT2D eigenvalue weighted by molar-refractivity contribution is 5.84. The van der Waals surface area contributed by atoms with Crippen molar-refractivity contribution in [2.75, 3.05) is 0 Å². The maximum Gasteiger partial charge on any atom is 0.241 e. The summed E-state index contributed by atoms with van der Waals surface area (Å²) in [6, 6.07) is 0.408. The molecule has 1 saturated heterocycles. The third kappa shape index (κ3) is 3.70. The number of nitrogens with one attached hydrogen (secondary N) is 1. The molecule has 0 aliphatic carbocycles. The number of nitrogens with zero attached hydrogens (tertiary/aromatic N) is 1. The molecule has 0 spiro atoms. The van der Waals surface area contributed by atoms with E-state index in [2.05, 4.69) is 39.9 Å². The van der Waals surface area contributed by atoms with Gasteiger partial charge in [-0.2, -0.15) is 0 Å². The van der Waals surface area contributed by atoms with Crippen molar-refractivity contribution in [2.24, 2.45) is 5.92 Å². The highest BCUT2D eigenvalue weighted by atomic mass is 16.2. The first-order chi connectivity index (χ1) is 7.97. The van der Waals surface area contributed by atoms with E-state index in [1.54, 1.807) is 0 Å². The van der Waals surface area contributed by atoms with Gasteiger partial charge >= 0.3 is 0 Å². The lowest BCUT2D eigenvalue weighted by Crippen LogP contribution is -2.41. The Kier molecular flexibility index (Phi) is 5.44. The third-order valence-electron chi connectivity index (χ3n) is 3.63. The van der Waals surface area contributed by atoms with Crippen LogP contribution in [0.25, 0.3) is 0 Å². The largest absolute Gasteiger partial charge is 0.323 e. The van der Waals surface area contributed by atoms with Crippen LogP contribution in [-0.4, -0.2) is 29.1 Å². The van der Waals surface area contributed by atoms with Gasteiger partial charge in [0.25, 0.3) is 0 Å². The lowest BCUT2D eigenvalue weighted by molar-refractivity contribution is -0.132. The molecular weight excluding hydrogens is 212 g/mol. The van der Waals surface area contributed by atoms with Crippen LogP contribution in [-0.2, 0) is 4.79 Å². The second-order valence-electron chi connectivity index (χ2n) is 5.75. The van der Waals surface area contributed by atoms with Crippen LogP contribution in [0.3, 0.4) is 0 Å². The summed E-state index contributed by atoms with van der Waals surface area (Å²) in [6.45, 7) is 10.9. The predicted octanol–water partition coefficient (Wildman–Crippen LogP) is 2.76. The summed E-state index contributed by atoms with van der Waals surface area (Å²) in [5.74, 6) is 1.01. The number of carbonyl (C=O) groups excluding carboxylic acids is 1. The zero-order valence-corrected chi connectivity index (χ0v) is 12.0. The number of carbonyl (C=O) groups is 1. The normalized spacial score (nSPS) is 26.9. The molecule has 3 heteroatoms. The van der Waals surface area contributed by atoms with Gasteiger partial charge in [-0.1, -0.05) is 27.2 Å². The molecule has 1 N–H and O–H groups in total. The highest BCUT2D eigenvalue weighted by Gasteiger charge is 2.37. The average molecular weight is 240 g/mol. The van der Waals surface area contributed by atoms with E-state index < -0.39 is 0 Å². The smallest absolute Gasteiger partial charge is 0.241 e. The molecule has 0 radical (unpaired) electrons. The zero-order valence-electron chi connectivity index (χ0n) is 12.0. The Balaban J connectivity index is 2.54. The van der Waals surface area contributed by atoms with Crippen LogP contribution in [0.1, 0.15) is 60.3 Å². The van der Waals surface area contributed by atoms with E-state index in [0.717, 1.165) is 19.3 Å². The first-order valence-corrected chi connectivity index (χ1v) is 7.05. The number of hydrogen-bond donors (Lipinski definition) is 1. The summed E-state index contributed by atoms with van der Waals surface area (Å²) >= 11 is 0. The molecule has 1 amide bonds. The standard InChI is InChI=1S/C14H28N2O/c1-6-7-13-14(17)16(12(5)15-13)11(4)9-8-10(2)3/h10-13,15H,6-9H2,1-5H3. The predicted molar refractivity (Wildman–Crippen MR) is 71.7 cm³/mol. The van der Waals surface area contributed by atoms with Gasteiger partial charge in [-0.25, -0.2) is 0 Å². The molecule has 0 aromatic rings. The van der Waals surface area contributed by atoms with Crippen molar-refractivity contribution in [3.63, 3.8) is 0 Å². The Bertz CT molecular complexity index is 253. The molecule has 1 fully saturated rings. The van der Waals surface area contributed by atoms with Crippen LogP contribution in [0.15, 0.2) is 0 Å². The highest BCUT2D eigenvalue weighted by Crippen LogP contribution is 2.21. The molecule has 3 nitrogen and oxygen atoms in total. The fourth-order valence-corrected chi connectivity index (χ4v) is 2.62. The molecule has 17 heavy (non-hydrogen) atoms. The molecular formula is C14H28N2O. The maximum absolute atomic E-state index is 12.3. The van der Waals surface area contributed by atoms with E-state index in [1.165, 1.54) is 6.42 Å². The minimum atomic E-state index is 0.0523. The number of hydrogen-bond acceptors (Lipinski definition) is 2. The fourth-order valence-electron chi connectivity index (χ4n) is 2.62. The lowest BCUT2D eigenvalue weighted by atomic mass is 10.0. The first kappa shape index (κ1) is 14.5. The zero-order chi connectivity index (χ0) is 13.0. The van der Waals surface area contributed by atoms with Gasteiger partial charge in [-0.3, -0.25) is 10.1 Å². The van der Waals surface area contributed by atoms with Crippen LogP contribution >= 0.6 is 0 Å². The molecule has 0 saturated carbocycles. The maximum atomic E-state index is 12.3. The topological polar surface area (TPSA) is 32.3 Å². The molecule has 1 heterocycles. The summed E-state index contributed by atoms with van der Waals surface area (Å²) in [6.07, 6.45) is 4.51. The fraction of sp³-hybridized carbons (Fsp3) is 0.929. The molecule has 1 aliphatic rings. The van der Waals surface area contributed by atoms with E-state index in [4.69, 9.17) is 0 Å². The summed E-state index contributed by atoms with van der Waals surface area (Å²) in [5, 5.41) is 3.40. The average Bonchev–Trinajstić information content (AvgIpc) is 2.52. The van der Waals surface area contributed by atoms with Gasteiger partial charge in [0.2, 0.25) is 5.91 Å². The first-order valence-electron chi connectivity index (χ1n) is 7.05. The number of amides is 1. The Morgan fingerprint density at radius 3 is 2.47 bits per heavy atom. The van der Waals surface area contributed by atoms with Gasteiger partial charge in [0.05, 0.1) is 12.2 Å². The van der Waals surface area contributed by atoms with Gasteiger partial charge in [-0.05, 0) is 39.0 Å². The van der Waals surface area contributed by atoms with E-state index in [1.807, 2.05) is 4.90 Å². The molecule has 1 aliphatic heterocycles. The molecule has 3 atom stereocenters. The Morgan fingerprint density at radius 2 is 1.94 bits per heavy atom. The van der Waals surface area contributed by atoms with E-state index in [0.29, 0.717) is 17.9 Å². The second-order valence-corrected chi connectivity index (χ2v) is 5.75. The van der Waals surface area contributed by atoms with Crippen molar-refractivity contribution >= 4 is 5.91 Å². The van der Waals surface area contributed by atoms with Crippen LogP contribution in [0.4, 0.5) is 0 Å². The quantitative estimate of drug-likeness (QED) is 0.774. The molecule has 1 rings (SSSR count). The molecule has 3 unspecified atom stereocenters. The lowest BCUT2D eigenvalue weighted by Gasteiger charge is -2.28. The van der Waals surface area contributed by atoms with Gasteiger partial charge in [0.15, 0.2) is 0 Å². The molecule has 100 valence electrons. The minimum absolute atomic E-state index is 0.0523.